The summed E-state index contributed by atoms with van der Waals surface area (Å²) in [4.78, 5) is 11.6. The number of nitrogens with one attached hydrogen (secondary N) is 1. The number of amides is 1. The number of hydrogen-bond acceptors (Lipinski definition) is 3. The van der Waals surface area contributed by atoms with Crippen LogP contribution in [0.5, 0.6) is 0 Å². The van der Waals surface area contributed by atoms with Gasteiger partial charge >= 0.3 is 0 Å². The van der Waals surface area contributed by atoms with Gasteiger partial charge in [-0.2, -0.15) is 0 Å². The third-order valence-electron chi connectivity index (χ3n) is 2.33. The molecule has 1 atom stereocenters. The van der Waals surface area contributed by atoms with E-state index in [4.69, 9.17) is 10.9 Å². The average Bonchev–Trinajstić information content (AvgIpc) is 2.31. The second-order valence-electron chi connectivity index (χ2n) is 3.72. The number of oxime groups is 1. The molecule has 0 radical (unpaired) electrons. The molecule has 0 saturated heterocycles. The van der Waals surface area contributed by atoms with E-state index in [2.05, 4.69) is 10.5 Å². The van der Waals surface area contributed by atoms with Crippen LogP contribution in [0.3, 0.4) is 0 Å². The Kier molecular flexibility index (Phi) is 4.03. The number of carbonyl (C=O) groups excluding carboxylic acids is 1. The van der Waals surface area contributed by atoms with Crippen molar-refractivity contribution in [1.29, 1.82) is 0 Å². The Hall–Kier alpha value is -2.11. The lowest BCUT2D eigenvalue weighted by atomic mass is 10.1. The van der Waals surface area contributed by atoms with Gasteiger partial charge in [0.1, 0.15) is 5.82 Å². The molecule has 0 aliphatic carbocycles. The Bertz CT molecular complexity index is 460. The fraction of sp³-hybridized carbons (Fsp3) is 0.273. The maximum absolute atomic E-state index is 13.4. The molecule has 17 heavy (non-hydrogen) atoms. The molecule has 0 spiro atoms. The van der Waals surface area contributed by atoms with Crippen LogP contribution in [0.25, 0.3) is 0 Å². The van der Waals surface area contributed by atoms with Gasteiger partial charge in [0.25, 0.3) is 0 Å². The van der Waals surface area contributed by atoms with Crippen molar-refractivity contribution in [2.24, 2.45) is 16.8 Å². The SMILES string of the molecule is Cc1ccc(F)c(NC(=O)C(C)/C(N)=N/O)c1. The number of carbonyl (C=O) groups is 1. The lowest BCUT2D eigenvalue weighted by Gasteiger charge is -2.11. The van der Waals surface area contributed by atoms with E-state index in [1.807, 2.05) is 0 Å². The van der Waals surface area contributed by atoms with Crippen LogP contribution < -0.4 is 11.1 Å². The van der Waals surface area contributed by atoms with Crippen molar-refractivity contribution < 1.29 is 14.4 Å². The minimum Gasteiger partial charge on any atom is -0.409 e. The predicted molar refractivity (Wildman–Crippen MR) is 62.3 cm³/mol. The van der Waals surface area contributed by atoms with E-state index < -0.39 is 17.6 Å². The van der Waals surface area contributed by atoms with Crippen molar-refractivity contribution in [1.82, 2.24) is 0 Å². The van der Waals surface area contributed by atoms with Crippen molar-refractivity contribution >= 4 is 17.4 Å². The fourth-order valence-electron chi connectivity index (χ4n) is 1.20. The maximum Gasteiger partial charge on any atom is 0.235 e. The summed E-state index contributed by atoms with van der Waals surface area (Å²) in [6.07, 6.45) is 0. The van der Waals surface area contributed by atoms with Crippen LogP contribution in [-0.2, 0) is 4.79 Å². The highest BCUT2D eigenvalue weighted by molar-refractivity contribution is 6.07. The van der Waals surface area contributed by atoms with Crippen LogP contribution in [0.2, 0.25) is 0 Å². The predicted octanol–water partition coefficient (Wildman–Crippen LogP) is 1.46. The highest BCUT2D eigenvalue weighted by Gasteiger charge is 2.18. The van der Waals surface area contributed by atoms with Gasteiger partial charge in [0.15, 0.2) is 5.84 Å². The summed E-state index contributed by atoms with van der Waals surface area (Å²) in [5.41, 5.74) is 6.18. The number of aryl methyl sites for hydroxylation is 1. The Labute approximate surface area is 98.1 Å². The van der Waals surface area contributed by atoms with Crippen molar-refractivity contribution in [2.45, 2.75) is 13.8 Å². The van der Waals surface area contributed by atoms with Gasteiger partial charge in [0, 0.05) is 0 Å². The Morgan fingerprint density at radius 2 is 2.24 bits per heavy atom. The van der Waals surface area contributed by atoms with Crippen LogP contribution in [0, 0.1) is 18.7 Å². The largest absolute Gasteiger partial charge is 0.409 e. The van der Waals surface area contributed by atoms with Crippen LogP contribution >= 0.6 is 0 Å². The Morgan fingerprint density at radius 3 is 2.82 bits per heavy atom. The van der Waals surface area contributed by atoms with Gasteiger partial charge in [-0.05, 0) is 31.5 Å². The quantitative estimate of drug-likeness (QED) is 0.323. The smallest absolute Gasteiger partial charge is 0.235 e. The van der Waals surface area contributed by atoms with E-state index >= 15 is 0 Å². The van der Waals surface area contributed by atoms with Gasteiger partial charge in [0.2, 0.25) is 5.91 Å². The van der Waals surface area contributed by atoms with E-state index in [-0.39, 0.29) is 11.5 Å². The van der Waals surface area contributed by atoms with E-state index in [1.165, 1.54) is 19.1 Å². The first kappa shape index (κ1) is 13.0. The summed E-state index contributed by atoms with van der Waals surface area (Å²) in [5.74, 6) is -2.13. The molecule has 5 nitrogen and oxygen atoms in total. The highest BCUT2D eigenvalue weighted by atomic mass is 19.1. The summed E-state index contributed by atoms with van der Waals surface area (Å²) in [6.45, 7) is 3.24. The number of amidine groups is 1. The first-order valence-corrected chi connectivity index (χ1v) is 5.00. The molecule has 0 fully saturated rings. The first-order valence-electron chi connectivity index (χ1n) is 5.00. The summed E-state index contributed by atoms with van der Waals surface area (Å²) in [7, 11) is 0. The monoisotopic (exact) mass is 239 g/mol. The average molecular weight is 239 g/mol. The lowest BCUT2D eigenvalue weighted by molar-refractivity contribution is -0.117. The maximum atomic E-state index is 13.4. The van der Waals surface area contributed by atoms with Crippen molar-refractivity contribution in [3.05, 3.63) is 29.6 Å². The summed E-state index contributed by atoms with van der Waals surface area (Å²) in [6, 6.07) is 4.36. The summed E-state index contributed by atoms with van der Waals surface area (Å²) in [5, 5.41) is 13.5. The third kappa shape index (κ3) is 3.17. The first-order chi connectivity index (χ1) is 7.95. The second kappa shape index (κ2) is 5.29. The second-order valence-corrected chi connectivity index (χ2v) is 3.72. The zero-order chi connectivity index (χ0) is 13.0. The number of nitrogens with zero attached hydrogens (tertiary/aromatic N) is 1. The van der Waals surface area contributed by atoms with Crippen LogP contribution in [0.1, 0.15) is 12.5 Å². The third-order valence-corrected chi connectivity index (χ3v) is 2.33. The van der Waals surface area contributed by atoms with E-state index in [0.717, 1.165) is 5.56 Å². The zero-order valence-electron chi connectivity index (χ0n) is 9.57. The molecule has 92 valence electrons. The molecule has 1 rings (SSSR count). The van der Waals surface area contributed by atoms with Gasteiger partial charge in [-0.3, -0.25) is 4.79 Å². The highest BCUT2D eigenvalue weighted by Crippen LogP contribution is 2.16. The molecule has 6 heteroatoms. The summed E-state index contributed by atoms with van der Waals surface area (Å²) >= 11 is 0. The number of nitrogens with two attached hydrogens (primary N) is 1. The molecule has 1 aromatic carbocycles. The molecular formula is C11H14FN3O2. The van der Waals surface area contributed by atoms with Crippen molar-refractivity contribution in [3.8, 4) is 0 Å². The van der Waals surface area contributed by atoms with E-state index in [0.29, 0.717) is 0 Å². The molecule has 0 aromatic heterocycles. The lowest BCUT2D eigenvalue weighted by Crippen LogP contribution is -2.32. The van der Waals surface area contributed by atoms with Gasteiger partial charge in [-0.25, -0.2) is 4.39 Å². The topological polar surface area (TPSA) is 87.7 Å². The molecule has 1 unspecified atom stereocenters. The number of rotatable bonds is 3. The zero-order valence-corrected chi connectivity index (χ0v) is 9.57. The van der Waals surface area contributed by atoms with Crippen LogP contribution in [0.15, 0.2) is 23.4 Å². The van der Waals surface area contributed by atoms with Gasteiger partial charge in [-0.1, -0.05) is 11.2 Å². The van der Waals surface area contributed by atoms with E-state index in [9.17, 15) is 9.18 Å². The molecule has 0 aliphatic heterocycles. The van der Waals surface area contributed by atoms with E-state index in [1.54, 1.807) is 13.0 Å². The standard InChI is InChI=1S/C11H14FN3O2/c1-6-3-4-8(12)9(5-6)14-11(16)7(2)10(13)15-17/h3-5,7,17H,1-2H3,(H2,13,15)(H,14,16). The van der Waals surface area contributed by atoms with Crippen LogP contribution in [-0.4, -0.2) is 17.0 Å². The number of benzene rings is 1. The van der Waals surface area contributed by atoms with Crippen molar-refractivity contribution in [2.75, 3.05) is 5.32 Å². The van der Waals surface area contributed by atoms with Crippen molar-refractivity contribution in [3.63, 3.8) is 0 Å². The number of halogens is 1. The molecule has 1 aromatic rings. The van der Waals surface area contributed by atoms with Crippen LogP contribution in [0.4, 0.5) is 10.1 Å². The molecule has 4 N–H and O–H groups in total. The normalized spacial score (nSPS) is 13.2. The summed E-state index contributed by atoms with van der Waals surface area (Å²) < 4.78 is 13.4. The Morgan fingerprint density at radius 1 is 1.59 bits per heavy atom. The number of hydrogen-bond donors (Lipinski definition) is 3. The molecule has 0 saturated carbocycles. The Balaban J connectivity index is 2.84. The number of anilines is 1. The molecule has 0 bridgehead atoms. The molecular weight excluding hydrogens is 225 g/mol. The van der Waals surface area contributed by atoms with Gasteiger partial charge in [-0.15, -0.1) is 0 Å². The minimum atomic E-state index is -0.833. The van der Waals surface area contributed by atoms with Gasteiger partial charge in [0.05, 0.1) is 11.6 Å². The molecule has 1 amide bonds. The fourth-order valence-corrected chi connectivity index (χ4v) is 1.20. The molecule has 0 heterocycles. The molecule has 0 aliphatic rings. The minimum absolute atomic E-state index is 0.0765. The van der Waals surface area contributed by atoms with Gasteiger partial charge < -0.3 is 16.3 Å².